The molecular weight excluding hydrogens is 420 g/mol. The predicted molar refractivity (Wildman–Crippen MR) is 114 cm³/mol. The summed E-state index contributed by atoms with van der Waals surface area (Å²) in [6.45, 7) is 1.50. The van der Waals surface area contributed by atoms with Crippen LogP contribution in [0.2, 0.25) is 0 Å². The van der Waals surface area contributed by atoms with E-state index in [4.69, 9.17) is 18.6 Å². The maximum Gasteiger partial charge on any atom is 0.305 e. The Kier molecular flexibility index (Phi) is 7.29. The number of nitrogens with zero attached hydrogens (tertiary/aromatic N) is 1. The van der Waals surface area contributed by atoms with Crippen LogP contribution < -0.4 is 9.64 Å². The number of carbonyl (C=O) groups is 1. The summed E-state index contributed by atoms with van der Waals surface area (Å²) in [5, 5.41) is 0. The standard InChI is InChI=1S/C24H29F2NO5/c1-27(9-2-3-22(28)31-14-17-6-7-17)23-19(25)11-18(12-20(23)26)24-21(8-10-30-24)32-15-29-13-16-4-5-16/h8,10-12,16-17H,2-7,9,13-15H2,1H3. The predicted octanol–water partition coefficient (Wildman–Crippen LogP) is 5.16. The lowest BCUT2D eigenvalue weighted by Crippen LogP contribution is -2.22. The van der Waals surface area contributed by atoms with E-state index >= 15 is 0 Å². The summed E-state index contributed by atoms with van der Waals surface area (Å²) in [6, 6.07) is 4.03. The lowest BCUT2D eigenvalue weighted by molar-refractivity contribution is -0.144. The molecule has 32 heavy (non-hydrogen) atoms. The van der Waals surface area contributed by atoms with Crippen molar-refractivity contribution < 1.29 is 32.2 Å². The maximum atomic E-state index is 14.8. The van der Waals surface area contributed by atoms with E-state index in [-0.39, 0.29) is 36.2 Å². The zero-order valence-electron chi connectivity index (χ0n) is 18.3. The second kappa shape index (κ2) is 10.3. The van der Waals surface area contributed by atoms with E-state index in [2.05, 4.69) is 0 Å². The van der Waals surface area contributed by atoms with Crippen LogP contribution in [0.4, 0.5) is 14.5 Å². The van der Waals surface area contributed by atoms with Gasteiger partial charge in [-0.1, -0.05) is 0 Å². The van der Waals surface area contributed by atoms with Crippen molar-refractivity contribution in [2.24, 2.45) is 11.8 Å². The lowest BCUT2D eigenvalue weighted by atomic mass is 10.1. The molecule has 0 spiro atoms. The number of rotatable bonds is 13. The van der Waals surface area contributed by atoms with Crippen molar-refractivity contribution in [1.29, 1.82) is 0 Å². The highest BCUT2D eigenvalue weighted by atomic mass is 19.1. The topological polar surface area (TPSA) is 61.1 Å². The van der Waals surface area contributed by atoms with Gasteiger partial charge in [-0.25, -0.2) is 8.78 Å². The van der Waals surface area contributed by atoms with Gasteiger partial charge in [0, 0.05) is 31.6 Å². The van der Waals surface area contributed by atoms with Gasteiger partial charge in [0.15, 0.2) is 18.3 Å². The van der Waals surface area contributed by atoms with Crippen molar-refractivity contribution in [2.45, 2.75) is 38.5 Å². The summed E-state index contributed by atoms with van der Waals surface area (Å²) in [5.41, 5.74) is 0.0879. The van der Waals surface area contributed by atoms with Crippen LogP contribution in [0.15, 0.2) is 28.9 Å². The number of carbonyl (C=O) groups excluding carboxylic acids is 1. The summed E-state index contributed by atoms with van der Waals surface area (Å²) in [5.74, 6) is 0.0309. The summed E-state index contributed by atoms with van der Waals surface area (Å²) in [6.07, 6.45) is 6.66. The Hall–Kier alpha value is -2.61. The molecule has 0 radical (unpaired) electrons. The smallest absolute Gasteiger partial charge is 0.305 e. The van der Waals surface area contributed by atoms with Crippen LogP contribution in [-0.2, 0) is 14.3 Å². The summed E-state index contributed by atoms with van der Waals surface area (Å²) in [4.78, 5) is 13.2. The highest BCUT2D eigenvalue weighted by molar-refractivity contribution is 5.70. The molecule has 2 aliphatic rings. The van der Waals surface area contributed by atoms with Crippen LogP contribution in [0.5, 0.6) is 5.75 Å². The molecule has 1 aromatic carbocycles. The summed E-state index contributed by atoms with van der Waals surface area (Å²) in [7, 11) is 1.59. The van der Waals surface area contributed by atoms with Crippen LogP contribution in [-0.4, -0.2) is 39.6 Å². The number of hydrogen-bond acceptors (Lipinski definition) is 6. The van der Waals surface area contributed by atoms with Crippen molar-refractivity contribution in [1.82, 2.24) is 0 Å². The average Bonchev–Trinajstić information content (AvgIpc) is 3.68. The number of ether oxygens (including phenoxy) is 3. The monoisotopic (exact) mass is 449 g/mol. The fourth-order valence-corrected chi connectivity index (χ4v) is 3.43. The van der Waals surface area contributed by atoms with Gasteiger partial charge < -0.3 is 23.5 Å². The molecule has 4 rings (SSSR count). The first-order valence-corrected chi connectivity index (χ1v) is 11.2. The molecule has 0 unspecified atom stereocenters. The van der Waals surface area contributed by atoms with Crippen molar-refractivity contribution in [2.75, 3.05) is 38.5 Å². The van der Waals surface area contributed by atoms with E-state index in [9.17, 15) is 13.6 Å². The molecule has 2 aliphatic carbocycles. The van der Waals surface area contributed by atoms with E-state index in [1.54, 1.807) is 13.1 Å². The van der Waals surface area contributed by atoms with Gasteiger partial charge in [-0.05, 0) is 56.1 Å². The third kappa shape index (κ3) is 6.22. The van der Waals surface area contributed by atoms with Gasteiger partial charge in [-0.3, -0.25) is 4.79 Å². The van der Waals surface area contributed by atoms with Crippen LogP contribution in [0, 0.1) is 23.5 Å². The molecule has 6 nitrogen and oxygen atoms in total. The molecule has 174 valence electrons. The SMILES string of the molecule is CN(CCCC(=O)OCC1CC1)c1c(F)cc(-c2occc2OCOCC2CC2)cc1F. The molecule has 0 amide bonds. The summed E-state index contributed by atoms with van der Waals surface area (Å²) < 4.78 is 51.2. The van der Waals surface area contributed by atoms with E-state index in [0.717, 1.165) is 12.8 Å². The Morgan fingerprint density at radius 3 is 2.50 bits per heavy atom. The third-order valence-corrected chi connectivity index (χ3v) is 5.69. The van der Waals surface area contributed by atoms with Crippen molar-refractivity contribution >= 4 is 11.7 Å². The maximum absolute atomic E-state index is 14.8. The van der Waals surface area contributed by atoms with Crippen molar-refractivity contribution in [3.8, 4) is 17.1 Å². The number of halogens is 2. The molecule has 2 aromatic rings. The number of anilines is 1. The Bertz CT molecular complexity index is 900. The van der Waals surface area contributed by atoms with Crippen molar-refractivity contribution in [3.63, 3.8) is 0 Å². The minimum absolute atomic E-state index is 0.0535. The molecule has 0 bridgehead atoms. The van der Waals surface area contributed by atoms with Crippen LogP contribution in [0.25, 0.3) is 11.3 Å². The largest absolute Gasteiger partial charge is 0.465 e. The molecule has 2 fully saturated rings. The summed E-state index contributed by atoms with van der Waals surface area (Å²) >= 11 is 0. The average molecular weight is 449 g/mol. The highest BCUT2D eigenvalue weighted by Gasteiger charge is 2.24. The number of hydrogen-bond donors (Lipinski definition) is 0. The fourth-order valence-electron chi connectivity index (χ4n) is 3.43. The Morgan fingerprint density at radius 1 is 1.12 bits per heavy atom. The molecule has 2 saturated carbocycles. The Labute approximate surface area is 186 Å². The van der Waals surface area contributed by atoms with Gasteiger partial charge in [-0.15, -0.1) is 0 Å². The van der Waals surface area contributed by atoms with E-state index < -0.39 is 11.6 Å². The Morgan fingerprint density at radius 2 is 1.81 bits per heavy atom. The normalized spacial score (nSPS) is 15.6. The van der Waals surface area contributed by atoms with E-state index in [1.165, 1.54) is 36.1 Å². The Balaban J connectivity index is 1.32. The van der Waals surface area contributed by atoms with Crippen LogP contribution in [0.1, 0.15) is 38.5 Å². The van der Waals surface area contributed by atoms with Gasteiger partial charge in [0.2, 0.25) is 0 Å². The molecule has 0 saturated heterocycles. The fraction of sp³-hybridized carbons (Fsp3) is 0.542. The van der Waals surface area contributed by atoms with Crippen LogP contribution >= 0.6 is 0 Å². The van der Waals surface area contributed by atoms with Gasteiger partial charge in [0.1, 0.15) is 17.3 Å². The molecule has 0 atom stereocenters. The first kappa shape index (κ1) is 22.6. The number of furan rings is 1. The van der Waals surface area contributed by atoms with E-state index in [0.29, 0.717) is 43.8 Å². The molecular formula is C24H29F2NO5. The zero-order chi connectivity index (χ0) is 22.5. The molecule has 8 heteroatoms. The van der Waals surface area contributed by atoms with Gasteiger partial charge in [-0.2, -0.15) is 0 Å². The van der Waals surface area contributed by atoms with Gasteiger partial charge in [0.05, 0.1) is 19.5 Å². The molecule has 0 N–H and O–H groups in total. The number of benzene rings is 1. The minimum Gasteiger partial charge on any atom is -0.465 e. The molecule has 1 heterocycles. The second-order valence-electron chi connectivity index (χ2n) is 8.63. The second-order valence-corrected chi connectivity index (χ2v) is 8.63. The minimum atomic E-state index is -0.717. The molecule has 0 aliphatic heterocycles. The molecule has 1 aromatic heterocycles. The van der Waals surface area contributed by atoms with Gasteiger partial charge >= 0.3 is 5.97 Å². The number of esters is 1. The van der Waals surface area contributed by atoms with Crippen molar-refractivity contribution in [3.05, 3.63) is 36.1 Å². The van der Waals surface area contributed by atoms with E-state index in [1.807, 2.05) is 0 Å². The first-order chi connectivity index (χ1) is 15.5. The van der Waals surface area contributed by atoms with Crippen LogP contribution in [0.3, 0.4) is 0 Å². The third-order valence-electron chi connectivity index (χ3n) is 5.69. The highest BCUT2D eigenvalue weighted by Crippen LogP contribution is 2.35. The quantitative estimate of drug-likeness (QED) is 0.239. The zero-order valence-corrected chi connectivity index (χ0v) is 18.3. The lowest BCUT2D eigenvalue weighted by Gasteiger charge is -2.21. The first-order valence-electron chi connectivity index (χ1n) is 11.2. The van der Waals surface area contributed by atoms with Gasteiger partial charge in [0.25, 0.3) is 0 Å².